The van der Waals surface area contributed by atoms with E-state index < -0.39 is 0 Å². The lowest BCUT2D eigenvalue weighted by atomic mass is 10.2. The predicted molar refractivity (Wildman–Crippen MR) is 97.6 cm³/mol. The van der Waals surface area contributed by atoms with Crippen LogP contribution < -0.4 is 9.47 Å². The summed E-state index contributed by atoms with van der Waals surface area (Å²) in [5.74, 6) is 1.63. The number of methoxy groups -OCH3 is 1. The smallest absolute Gasteiger partial charge is 0.246 e. The molecule has 0 N–H and O–H groups in total. The van der Waals surface area contributed by atoms with Crippen LogP contribution in [0.25, 0.3) is 11.4 Å². The highest BCUT2D eigenvalue weighted by Crippen LogP contribution is 2.31. The fourth-order valence-electron chi connectivity index (χ4n) is 3.11. The topological polar surface area (TPSA) is 91.6 Å². The summed E-state index contributed by atoms with van der Waals surface area (Å²) >= 11 is 0. The Balaban J connectivity index is 1.71. The normalized spacial score (nSPS) is 19.8. The van der Waals surface area contributed by atoms with E-state index in [1.807, 2.05) is 26.8 Å². The van der Waals surface area contributed by atoms with E-state index in [-0.39, 0.29) is 24.7 Å². The number of rotatable bonds is 6. The van der Waals surface area contributed by atoms with Crippen LogP contribution in [0.2, 0.25) is 0 Å². The minimum absolute atomic E-state index is 0.0215. The molecular formula is C18H25N5O4. The standard InChI is InChI=1S/C18H25N5O4/c1-5-26-16-8-14(6-7-15(16)25-4)18-19-21-23(20-18)11-17(24)22-9-12(2)27-13(3)10-22/h6-8,12-13H,5,9-11H2,1-4H3. The monoisotopic (exact) mass is 375 g/mol. The first-order chi connectivity index (χ1) is 13.0. The van der Waals surface area contributed by atoms with Gasteiger partial charge in [0.2, 0.25) is 11.7 Å². The van der Waals surface area contributed by atoms with Crippen LogP contribution in [0.3, 0.4) is 0 Å². The maximum atomic E-state index is 12.5. The average molecular weight is 375 g/mol. The summed E-state index contributed by atoms with van der Waals surface area (Å²) in [7, 11) is 1.59. The summed E-state index contributed by atoms with van der Waals surface area (Å²) < 4.78 is 16.5. The molecule has 2 aromatic rings. The molecule has 1 saturated heterocycles. The van der Waals surface area contributed by atoms with E-state index in [9.17, 15) is 4.79 Å². The van der Waals surface area contributed by atoms with Gasteiger partial charge in [-0.2, -0.15) is 4.80 Å². The SMILES string of the molecule is CCOc1cc(-c2nnn(CC(=O)N3CC(C)OC(C)C3)n2)ccc1OC. The number of tetrazole rings is 1. The van der Waals surface area contributed by atoms with Gasteiger partial charge in [0.25, 0.3) is 0 Å². The lowest BCUT2D eigenvalue weighted by molar-refractivity contribution is -0.144. The van der Waals surface area contributed by atoms with Crippen LogP contribution in [-0.2, 0) is 16.1 Å². The molecule has 3 rings (SSSR count). The summed E-state index contributed by atoms with van der Waals surface area (Å²) in [6.45, 7) is 7.52. The summed E-state index contributed by atoms with van der Waals surface area (Å²) in [5, 5.41) is 12.4. The Morgan fingerprint density at radius 3 is 2.67 bits per heavy atom. The van der Waals surface area contributed by atoms with Gasteiger partial charge in [0, 0.05) is 18.7 Å². The van der Waals surface area contributed by atoms with Gasteiger partial charge in [0.1, 0.15) is 6.54 Å². The molecule has 0 aliphatic carbocycles. The number of ether oxygens (including phenoxy) is 3. The maximum absolute atomic E-state index is 12.5. The molecule has 1 fully saturated rings. The Hall–Kier alpha value is -2.68. The van der Waals surface area contributed by atoms with E-state index in [0.29, 0.717) is 37.0 Å². The summed E-state index contributed by atoms with van der Waals surface area (Å²) in [6.07, 6.45) is 0.0431. The summed E-state index contributed by atoms with van der Waals surface area (Å²) in [4.78, 5) is 15.6. The van der Waals surface area contributed by atoms with E-state index >= 15 is 0 Å². The number of benzene rings is 1. The highest BCUT2D eigenvalue weighted by molar-refractivity contribution is 5.76. The third kappa shape index (κ3) is 4.54. The highest BCUT2D eigenvalue weighted by atomic mass is 16.5. The second-order valence-electron chi connectivity index (χ2n) is 6.50. The Bertz CT molecular complexity index is 784. The average Bonchev–Trinajstić information content (AvgIpc) is 3.09. The first kappa shape index (κ1) is 19.1. The molecule has 0 spiro atoms. The van der Waals surface area contributed by atoms with Crippen LogP contribution in [0, 0.1) is 0 Å². The van der Waals surface area contributed by atoms with Crippen molar-refractivity contribution in [1.29, 1.82) is 0 Å². The van der Waals surface area contributed by atoms with E-state index in [0.717, 1.165) is 5.56 Å². The third-order valence-corrected chi connectivity index (χ3v) is 4.22. The second kappa shape index (κ2) is 8.34. The predicted octanol–water partition coefficient (Wildman–Crippen LogP) is 1.38. The van der Waals surface area contributed by atoms with Gasteiger partial charge in [-0.15, -0.1) is 10.2 Å². The molecule has 0 radical (unpaired) electrons. The molecule has 1 aromatic heterocycles. The lowest BCUT2D eigenvalue weighted by Crippen LogP contribution is -2.49. The fourth-order valence-corrected chi connectivity index (χ4v) is 3.11. The number of morpholine rings is 1. The molecule has 2 atom stereocenters. The molecule has 27 heavy (non-hydrogen) atoms. The van der Waals surface area contributed by atoms with Crippen molar-refractivity contribution in [3.63, 3.8) is 0 Å². The quantitative estimate of drug-likeness (QED) is 0.753. The van der Waals surface area contributed by atoms with Crippen molar-refractivity contribution in [2.75, 3.05) is 26.8 Å². The van der Waals surface area contributed by atoms with Crippen LogP contribution in [0.1, 0.15) is 20.8 Å². The first-order valence-corrected chi connectivity index (χ1v) is 9.02. The zero-order valence-electron chi connectivity index (χ0n) is 16.1. The lowest BCUT2D eigenvalue weighted by Gasteiger charge is -2.35. The van der Waals surface area contributed by atoms with E-state index in [4.69, 9.17) is 14.2 Å². The van der Waals surface area contributed by atoms with Gasteiger partial charge in [0.15, 0.2) is 11.5 Å². The van der Waals surface area contributed by atoms with Crippen LogP contribution in [-0.4, -0.2) is 70.0 Å². The van der Waals surface area contributed by atoms with E-state index in [1.54, 1.807) is 24.1 Å². The number of nitrogens with zero attached hydrogens (tertiary/aromatic N) is 5. The number of carbonyl (C=O) groups excluding carboxylic acids is 1. The molecule has 1 aromatic carbocycles. The molecule has 0 saturated carbocycles. The third-order valence-electron chi connectivity index (χ3n) is 4.22. The zero-order chi connectivity index (χ0) is 19.4. The van der Waals surface area contributed by atoms with Crippen molar-refractivity contribution in [2.24, 2.45) is 0 Å². The number of aromatic nitrogens is 4. The molecule has 9 nitrogen and oxygen atoms in total. The second-order valence-corrected chi connectivity index (χ2v) is 6.50. The molecule has 0 bridgehead atoms. The fraction of sp³-hybridized carbons (Fsp3) is 0.556. The van der Waals surface area contributed by atoms with E-state index in [1.165, 1.54) is 4.80 Å². The minimum Gasteiger partial charge on any atom is -0.493 e. The van der Waals surface area contributed by atoms with Gasteiger partial charge in [-0.3, -0.25) is 4.79 Å². The van der Waals surface area contributed by atoms with Gasteiger partial charge in [-0.25, -0.2) is 0 Å². The molecular weight excluding hydrogens is 350 g/mol. The first-order valence-electron chi connectivity index (χ1n) is 9.02. The molecule has 1 aliphatic rings. The number of amides is 1. The van der Waals surface area contributed by atoms with Crippen molar-refractivity contribution in [3.8, 4) is 22.9 Å². The molecule has 2 unspecified atom stereocenters. The Morgan fingerprint density at radius 2 is 2.00 bits per heavy atom. The summed E-state index contributed by atoms with van der Waals surface area (Å²) in [6, 6.07) is 5.43. The zero-order valence-corrected chi connectivity index (χ0v) is 16.1. The maximum Gasteiger partial charge on any atom is 0.246 e. The van der Waals surface area contributed by atoms with Crippen molar-refractivity contribution in [2.45, 2.75) is 39.5 Å². The van der Waals surface area contributed by atoms with Crippen molar-refractivity contribution < 1.29 is 19.0 Å². The van der Waals surface area contributed by atoms with Gasteiger partial charge < -0.3 is 19.1 Å². The van der Waals surface area contributed by atoms with Crippen LogP contribution >= 0.6 is 0 Å². The Kier molecular flexibility index (Phi) is 5.90. The number of hydrogen-bond donors (Lipinski definition) is 0. The van der Waals surface area contributed by atoms with Crippen LogP contribution in [0.15, 0.2) is 18.2 Å². The Morgan fingerprint density at radius 1 is 1.26 bits per heavy atom. The molecule has 1 amide bonds. The molecule has 1 aliphatic heterocycles. The van der Waals surface area contributed by atoms with Crippen molar-refractivity contribution in [1.82, 2.24) is 25.1 Å². The van der Waals surface area contributed by atoms with Gasteiger partial charge in [0.05, 0.1) is 25.9 Å². The van der Waals surface area contributed by atoms with Crippen LogP contribution in [0.4, 0.5) is 0 Å². The van der Waals surface area contributed by atoms with Gasteiger partial charge >= 0.3 is 0 Å². The van der Waals surface area contributed by atoms with Crippen molar-refractivity contribution in [3.05, 3.63) is 18.2 Å². The molecule has 146 valence electrons. The summed E-state index contributed by atoms with van der Waals surface area (Å²) in [5.41, 5.74) is 0.742. The van der Waals surface area contributed by atoms with Crippen LogP contribution in [0.5, 0.6) is 11.5 Å². The highest BCUT2D eigenvalue weighted by Gasteiger charge is 2.26. The number of hydrogen-bond acceptors (Lipinski definition) is 7. The van der Waals surface area contributed by atoms with E-state index in [2.05, 4.69) is 15.4 Å². The van der Waals surface area contributed by atoms with Gasteiger partial charge in [-0.1, -0.05) is 0 Å². The number of carbonyl (C=O) groups is 1. The largest absolute Gasteiger partial charge is 0.493 e. The minimum atomic E-state index is -0.0503. The Labute approximate surface area is 158 Å². The molecule has 9 heteroatoms. The molecule has 2 heterocycles. The van der Waals surface area contributed by atoms with Crippen molar-refractivity contribution >= 4 is 5.91 Å². The van der Waals surface area contributed by atoms with Gasteiger partial charge in [-0.05, 0) is 44.2 Å².